The van der Waals surface area contributed by atoms with Crippen LogP contribution in [0.1, 0.15) is 10.6 Å². The van der Waals surface area contributed by atoms with E-state index in [0.29, 0.717) is 24.4 Å². The average molecular weight is 343 g/mol. The van der Waals surface area contributed by atoms with Gasteiger partial charge >= 0.3 is 0 Å². The van der Waals surface area contributed by atoms with Crippen LogP contribution in [0.15, 0.2) is 40.3 Å². The molecule has 24 heavy (non-hydrogen) atoms. The molecule has 0 radical (unpaired) electrons. The fraction of sp³-hybridized carbons (Fsp3) is 0.294. The number of furan rings is 1. The number of methoxy groups -OCH3 is 1. The van der Waals surface area contributed by atoms with Crippen molar-refractivity contribution in [1.29, 1.82) is 0 Å². The van der Waals surface area contributed by atoms with Gasteiger partial charge in [0.1, 0.15) is 11.3 Å². The number of aromatic nitrogens is 1. The summed E-state index contributed by atoms with van der Waals surface area (Å²) < 4.78 is 10.9. The fourth-order valence-electron chi connectivity index (χ4n) is 2.88. The Morgan fingerprint density at radius 3 is 2.79 bits per heavy atom. The summed E-state index contributed by atoms with van der Waals surface area (Å²) >= 11 is 1.62. The number of ether oxygens (including phenoxy) is 1. The third kappa shape index (κ3) is 2.71. The normalized spacial score (nSPS) is 15.0. The van der Waals surface area contributed by atoms with E-state index in [-0.39, 0.29) is 5.91 Å². The van der Waals surface area contributed by atoms with E-state index in [0.717, 1.165) is 29.4 Å². The molecule has 1 amide bonds. The fourth-order valence-corrected chi connectivity index (χ4v) is 3.58. The van der Waals surface area contributed by atoms with Crippen LogP contribution >= 0.6 is 11.3 Å². The van der Waals surface area contributed by atoms with Crippen LogP contribution in [0.5, 0.6) is 5.75 Å². The minimum atomic E-state index is -0.0658. The van der Waals surface area contributed by atoms with E-state index in [9.17, 15) is 4.79 Å². The van der Waals surface area contributed by atoms with Gasteiger partial charge in [0.25, 0.3) is 5.91 Å². The molecule has 0 unspecified atom stereocenters. The first-order valence-electron chi connectivity index (χ1n) is 7.76. The van der Waals surface area contributed by atoms with Gasteiger partial charge in [0.2, 0.25) is 0 Å². The lowest BCUT2D eigenvalue weighted by molar-refractivity contribution is 0.0717. The maximum Gasteiger partial charge on any atom is 0.289 e. The number of amides is 1. The van der Waals surface area contributed by atoms with E-state index in [1.54, 1.807) is 30.7 Å². The van der Waals surface area contributed by atoms with Crippen molar-refractivity contribution in [1.82, 2.24) is 9.88 Å². The van der Waals surface area contributed by atoms with Crippen molar-refractivity contribution in [3.8, 4) is 5.75 Å². The summed E-state index contributed by atoms with van der Waals surface area (Å²) in [6, 6.07) is 7.31. The average Bonchev–Trinajstić information content (AvgIpc) is 3.30. The Hall–Kier alpha value is -2.54. The second kappa shape index (κ2) is 6.16. The maximum atomic E-state index is 12.7. The van der Waals surface area contributed by atoms with Crippen LogP contribution in [-0.4, -0.2) is 49.1 Å². The molecule has 0 aliphatic carbocycles. The van der Waals surface area contributed by atoms with Gasteiger partial charge in [-0.3, -0.25) is 4.79 Å². The van der Waals surface area contributed by atoms with Crippen LogP contribution in [-0.2, 0) is 0 Å². The Balaban J connectivity index is 1.48. The second-order valence-corrected chi connectivity index (χ2v) is 6.48. The zero-order valence-electron chi connectivity index (χ0n) is 13.3. The molecule has 0 atom stereocenters. The van der Waals surface area contributed by atoms with E-state index in [1.165, 1.54) is 0 Å². The van der Waals surface area contributed by atoms with Gasteiger partial charge in [-0.1, -0.05) is 0 Å². The lowest BCUT2D eigenvalue weighted by Crippen LogP contribution is -2.48. The van der Waals surface area contributed by atoms with E-state index in [1.807, 2.05) is 28.5 Å². The number of thiazole rings is 1. The first kappa shape index (κ1) is 15.0. The minimum absolute atomic E-state index is 0.0658. The predicted octanol–water partition coefficient (Wildman–Crippen LogP) is 2.86. The van der Waals surface area contributed by atoms with Crippen molar-refractivity contribution < 1.29 is 13.9 Å². The second-order valence-electron chi connectivity index (χ2n) is 5.61. The van der Waals surface area contributed by atoms with Crippen molar-refractivity contribution in [2.75, 3.05) is 38.2 Å². The summed E-state index contributed by atoms with van der Waals surface area (Å²) in [4.78, 5) is 21.0. The number of anilines is 1. The van der Waals surface area contributed by atoms with Gasteiger partial charge in [0.15, 0.2) is 10.9 Å². The molecular weight excluding hydrogens is 326 g/mol. The van der Waals surface area contributed by atoms with E-state index in [2.05, 4.69) is 9.88 Å². The van der Waals surface area contributed by atoms with Crippen LogP contribution in [0, 0.1) is 0 Å². The summed E-state index contributed by atoms with van der Waals surface area (Å²) in [6.07, 6.45) is 1.81. The number of benzene rings is 1. The lowest BCUT2D eigenvalue weighted by atomic mass is 10.2. The standard InChI is InChI=1S/C17H17N3O3S/c1-22-13-2-3-14-12(10-13)11-15(23-14)16(21)19-5-7-20(8-6-19)17-18-4-9-24-17/h2-4,9-11H,5-8H2,1H3. The first-order chi connectivity index (χ1) is 11.7. The molecule has 0 spiro atoms. The molecule has 0 N–H and O–H groups in total. The zero-order valence-corrected chi connectivity index (χ0v) is 14.1. The summed E-state index contributed by atoms with van der Waals surface area (Å²) in [5.74, 6) is 1.06. The van der Waals surface area contributed by atoms with Crippen molar-refractivity contribution in [3.63, 3.8) is 0 Å². The first-order valence-corrected chi connectivity index (χ1v) is 8.64. The van der Waals surface area contributed by atoms with Crippen LogP contribution < -0.4 is 9.64 Å². The summed E-state index contributed by atoms with van der Waals surface area (Å²) in [5, 5.41) is 3.85. The van der Waals surface area contributed by atoms with E-state index in [4.69, 9.17) is 9.15 Å². The van der Waals surface area contributed by atoms with Gasteiger partial charge in [-0.05, 0) is 24.3 Å². The number of carbonyl (C=O) groups excluding carboxylic acids is 1. The van der Waals surface area contributed by atoms with Gasteiger partial charge in [0.05, 0.1) is 7.11 Å². The van der Waals surface area contributed by atoms with Gasteiger partial charge in [-0.25, -0.2) is 4.98 Å². The molecule has 3 aromatic rings. The van der Waals surface area contributed by atoms with Crippen LogP contribution in [0.25, 0.3) is 11.0 Å². The van der Waals surface area contributed by atoms with Crippen LogP contribution in [0.4, 0.5) is 5.13 Å². The van der Waals surface area contributed by atoms with Crippen molar-refractivity contribution in [2.45, 2.75) is 0 Å². The van der Waals surface area contributed by atoms with Gasteiger partial charge in [-0.15, -0.1) is 11.3 Å². The predicted molar refractivity (Wildman–Crippen MR) is 93.0 cm³/mol. The number of nitrogens with zero attached hydrogens (tertiary/aromatic N) is 3. The molecule has 3 heterocycles. The van der Waals surface area contributed by atoms with E-state index < -0.39 is 0 Å². The summed E-state index contributed by atoms with van der Waals surface area (Å²) in [5.41, 5.74) is 0.695. The number of hydrogen-bond donors (Lipinski definition) is 0. The highest BCUT2D eigenvalue weighted by molar-refractivity contribution is 7.13. The zero-order chi connectivity index (χ0) is 16.5. The van der Waals surface area contributed by atoms with Crippen molar-refractivity contribution >= 4 is 33.3 Å². The Bertz CT molecular complexity index is 851. The number of rotatable bonds is 3. The third-order valence-electron chi connectivity index (χ3n) is 4.19. The Kier molecular flexibility index (Phi) is 3.86. The molecule has 1 fully saturated rings. The third-order valence-corrected chi connectivity index (χ3v) is 5.02. The molecule has 0 saturated carbocycles. The van der Waals surface area contributed by atoms with Crippen LogP contribution in [0.3, 0.4) is 0 Å². The largest absolute Gasteiger partial charge is 0.497 e. The van der Waals surface area contributed by atoms with Crippen molar-refractivity contribution in [3.05, 3.63) is 41.6 Å². The smallest absolute Gasteiger partial charge is 0.289 e. The summed E-state index contributed by atoms with van der Waals surface area (Å²) in [6.45, 7) is 2.90. The lowest BCUT2D eigenvalue weighted by Gasteiger charge is -2.34. The number of piperazine rings is 1. The number of hydrogen-bond acceptors (Lipinski definition) is 6. The molecule has 1 saturated heterocycles. The molecule has 4 rings (SSSR count). The van der Waals surface area contributed by atoms with Crippen molar-refractivity contribution in [2.24, 2.45) is 0 Å². The minimum Gasteiger partial charge on any atom is -0.497 e. The Labute approximate surface area is 143 Å². The Morgan fingerprint density at radius 1 is 1.25 bits per heavy atom. The van der Waals surface area contributed by atoms with Gasteiger partial charge in [0, 0.05) is 43.1 Å². The molecule has 2 aromatic heterocycles. The Morgan fingerprint density at radius 2 is 2.08 bits per heavy atom. The topological polar surface area (TPSA) is 58.8 Å². The highest BCUT2D eigenvalue weighted by atomic mass is 32.1. The quantitative estimate of drug-likeness (QED) is 0.732. The summed E-state index contributed by atoms with van der Waals surface area (Å²) in [7, 11) is 1.62. The highest BCUT2D eigenvalue weighted by Crippen LogP contribution is 2.25. The molecule has 6 nitrogen and oxygen atoms in total. The van der Waals surface area contributed by atoms with Gasteiger partial charge in [-0.2, -0.15) is 0 Å². The molecular formula is C17H17N3O3S. The molecule has 1 aromatic carbocycles. The molecule has 1 aliphatic rings. The maximum absolute atomic E-state index is 12.7. The van der Waals surface area contributed by atoms with E-state index >= 15 is 0 Å². The number of carbonyl (C=O) groups is 1. The highest BCUT2D eigenvalue weighted by Gasteiger charge is 2.25. The molecule has 0 bridgehead atoms. The SMILES string of the molecule is COc1ccc2oc(C(=O)N3CCN(c4nccs4)CC3)cc2c1. The van der Waals surface area contributed by atoms with Crippen LogP contribution in [0.2, 0.25) is 0 Å². The number of fused-ring (bicyclic) bond motifs is 1. The monoisotopic (exact) mass is 343 g/mol. The van der Waals surface area contributed by atoms with Gasteiger partial charge < -0.3 is 19.0 Å². The molecule has 7 heteroatoms. The molecule has 124 valence electrons. The molecule has 1 aliphatic heterocycles.